The lowest BCUT2D eigenvalue weighted by atomic mass is 10.0. The average molecular weight is 410 g/mol. The third kappa shape index (κ3) is 4.50. The number of nitrogens with one attached hydrogen (secondary N) is 2. The smallest absolute Gasteiger partial charge is 0.421 e. The molecular formula is C15H18F4N4O3S. The van der Waals surface area contributed by atoms with Crippen LogP contribution in [0.4, 0.5) is 17.6 Å². The van der Waals surface area contributed by atoms with Crippen molar-refractivity contribution >= 4 is 16.1 Å². The van der Waals surface area contributed by atoms with Gasteiger partial charge in [0.15, 0.2) is 9.84 Å². The van der Waals surface area contributed by atoms with Crippen molar-refractivity contribution in [3.63, 3.8) is 0 Å². The van der Waals surface area contributed by atoms with Crippen LogP contribution in [0.15, 0.2) is 39.5 Å². The molecule has 27 heavy (non-hydrogen) atoms. The van der Waals surface area contributed by atoms with Crippen molar-refractivity contribution < 1.29 is 30.7 Å². The number of benzene rings is 1. The highest BCUT2D eigenvalue weighted by molar-refractivity contribution is 7.90. The fraction of sp³-hybridized carbons (Fsp3) is 0.400. The Labute approximate surface area is 153 Å². The first-order valence-electron chi connectivity index (χ1n) is 7.57. The lowest BCUT2D eigenvalue weighted by Crippen LogP contribution is -2.54. The Morgan fingerprint density at radius 2 is 2.04 bits per heavy atom. The maximum atomic E-state index is 13.1. The monoisotopic (exact) mass is 410 g/mol. The largest absolute Gasteiger partial charge is 0.490 e. The summed E-state index contributed by atoms with van der Waals surface area (Å²) in [5.41, 5.74) is 5.08. The van der Waals surface area contributed by atoms with E-state index in [0.717, 1.165) is 12.3 Å². The van der Waals surface area contributed by atoms with E-state index < -0.39 is 46.5 Å². The first kappa shape index (κ1) is 21.0. The van der Waals surface area contributed by atoms with Crippen LogP contribution in [-0.4, -0.2) is 47.4 Å². The standard InChI is InChI=1S/C15H18F4N4O3S/c1-21-13-11(14(17,18)19)8-22-15(20,23-13)10-4-3-9(27(2,24)25)7-12(10)26-6-5-16/h3-4,7-8,21,23H,5-6,20H2,1-2H3. The first-order chi connectivity index (χ1) is 12.4. The van der Waals surface area contributed by atoms with Crippen LogP contribution in [0.3, 0.4) is 0 Å². The van der Waals surface area contributed by atoms with Crippen molar-refractivity contribution in [2.75, 3.05) is 26.6 Å². The number of nitrogens with zero attached hydrogens (tertiary/aromatic N) is 1. The molecule has 0 radical (unpaired) electrons. The van der Waals surface area contributed by atoms with Gasteiger partial charge < -0.3 is 15.4 Å². The number of halogens is 4. The van der Waals surface area contributed by atoms with Crippen molar-refractivity contribution in [2.45, 2.75) is 16.9 Å². The van der Waals surface area contributed by atoms with Crippen LogP contribution < -0.4 is 21.1 Å². The minimum Gasteiger partial charge on any atom is -0.490 e. The SMILES string of the molecule is CNC1=C(C(F)(F)F)C=NC(N)(c2ccc(S(C)(=O)=O)cc2OCCF)N1. The predicted octanol–water partition coefficient (Wildman–Crippen LogP) is 1.17. The number of sulfone groups is 1. The van der Waals surface area contributed by atoms with Crippen LogP contribution in [0.5, 0.6) is 5.75 Å². The Bertz CT molecular complexity index is 884. The van der Waals surface area contributed by atoms with Crippen LogP contribution in [0, 0.1) is 0 Å². The number of hydrogen-bond donors (Lipinski definition) is 3. The number of allylic oxidation sites excluding steroid dienone is 1. The van der Waals surface area contributed by atoms with Gasteiger partial charge in [0, 0.05) is 19.5 Å². The molecule has 0 amide bonds. The van der Waals surface area contributed by atoms with E-state index in [1.807, 2.05) is 0 Å². The molecule has 1 heterocycles. The van der Waals surface area contributed by atoms with Gasteiger partial charge in [0.25, 0.3) is 0 Å². The van der Waals surface area contributed by atoms with E-state index in [1.54, 1.807) is 0 Å². The summed E-state index contributed by atoms with van der Waals surface area (Å²) in [6.45, 7) is -1.26. The zero-order valence-electron chi connectivity index (χ0n) is 14.4. The summed E-state index contributed by atoms with van der Waals surface area (Å²) in [7, 11) is -2.34. The van der Waals surface area contributed by atoms with Crippen molar-refractivity contribution in [3.8, 4) is 5.75 Å². The quantitative estimate of drug-likeness (QED) is 0.608. The summed E-state index contributed by atoms with van der Waals surface area (Å²) < 4.78 is 80.4. The van der Waals surface area contributed by atoms with E-state index in [-0.39, 0.29) is 16.2 Å². The number of aliphatic imine (C=N–C) groups is 1. The average Bonchev–Trinajstić information content (AvgIpc) is 2.57. The van der Waals surface area contributed by atoms with Crippen molar-refractivity contribution in [3.05, 3.63) is 35.2 Å². The van der Waals surface area contributed by atoms with Gasteiger partial charge in [0.1, 0.15) is 30.4 Å². The third-order valence-corrected chi connectivity index (χ3v) is 4.77. The Hall–Kier alpha value is -2.34. The van der Waals surface area contributed by atoms with Gasteiger partial charge in [-0.1, -0.05) is 0 Å². The molecule has 0 fully saturated rings. The summed E-state index contributed by atoms with van der Waals surface area (Å²) in [5, 5.41) is 4.80. The van der Waals surface area contributed by atoms with Crippen LogP contribution in [0.25, 0.3) is 0 Å². The number of ether oxygens (including phenoxy) is 1. The van der Waals surface area contributed by atoms with Crippen molar-refractivity contribution in [1.29, 1.82) is 0 Å². The summed E-state index contributed by atoms with van der Waals surface area (Å²) in [4.78, 5) is 3.62. The molecule has 1 aromatic rings. The van der Waals surface area contributed by atoms with Crippen molar-refractivity contribution in [1.82, 2.24) is 10.6 Å². The minimum absolute atomic E-state index is 0.0357. The minimum atomic E-state index is -4.68. The number of hydrogen-bond acceptors (Lipinski definition) is 7. The van der Waals surface area contributed by atoms with E-state index in [2.05, 4.69) is 15.6 Å². The van der Waals surface area contributed by atoms with Crippen LogP contribution in [0.1, 0.15) is 5.56 Å². The highest BCUT2D eigenvalue weighted by atomic mass is 32.2. The molecule has 2 rings (SSSR count). The fourth-order valence-electron chi connectivity index (χ4n) is 2.39. The molecule has 150 valence electrons. The molecule has 0 bridgehead atoms. The maximum absolute atomic E-state index is 13.1. The van der Waals surface area contributed by atoms with Crippen molar-refractivity contribution in [2.24, 2.45) is 10.7 Å². The second kappa shape index (κ2) is 7.35. The molecule has 1 aliphatic heterocycles. The van der Waals surface area contributed by atoms with Gasteiger partial charge in [0.05, 0.1) is 10.5 Å². The van der Waals surface area contributed by atoms with Crippen LogP contribution in [0.2, 0.25) is 0 Å². The molecular weight excluding hydrogens is 392 g/mol. The van der Waals surface area contributed by atoms with Crippen LogP contribution >= 0.6 is 0 Å². The maximum Gasteiger partial charge on any atom is 0.421 e. The normalized spacial score (nSPS) is 20.4. The van der Waals surface area contributed by atoms with E-state index in [0.29, 0.717) is 6.21 Å². The Kier molecular flexibility index (Phi) is 5.71. The van der Waals surface area contributed by atoms with Gasteiger partial charge in [0.2, 0.25) is 5.79 Å². The van der Waals surface area contributed by atoms with E-state index in [1.165, 1.54) is 19.2 Å². The van der Waals surface area contributed by atoms with Gasteiger partial charge >= 0.3 is 6.18 Å². The molecule has 1 aliphatic rings. The fourth-order valence-corrected chi connectivity index (χ4v) is 3.02. The molecule has 0 saturated heterocycles. The summed E-state index contributed by atoms with van der Waals surface area (Å²) >= 11 is 0. The summed E-state index contributed by atoms with van der Waals surface area (Å²) in [6, 6.07) is 3.58. The van der Waals surface area contributed by atoms with E-state index in [4.69, 9.17) is 10.5 Å². The molecule has 0 aliphatic carbocycles. The van der Waals surface area contributed by atoms with Gasteiger partial charge in [-0.05, 0) is 18.2 Å². The Morgan fingerprint density at radius 3 is 2.56 bits per heavy atom. The highest BCUT2D eigenvalue weighted by Crippen LogP contribution is 2.35. The molecule has 0 saturated carbocycles. The molecule has 4 N–H and O–H groups in total. The van der Waals surface area contributed by atoms with Gasteiger partial charge in [-0.2, -0.15) is 13.2 Å². The molecule has 0 spiro atoms. The van der Waals surface area contributed by atoms with Gasteiger partial charge in [-0.15, -0.1) is 0 Å². The molecule has 1 unspecified atom stereocenters. The van der Waals surface area contributed by atoms with Gasteiger partial charge in [-0.3, -0.25) is 5.73 Å². The first-order valence-corrected chi connectivity index (χ1v) is 9.46. The molecule has 12 heteroatoms. The number of alkyl halides is 4. The number of rotatable bonds is 6. The second-order valence-electron chi connectivity index (χ2n) is 5.65. The second-order valence-corrected chi connectivity index (χ2v) is 7.67. The zero-order valence-corrected chi connectivity index (χ0v) is 15.2. The van der Waals surface area contributed by atoms with E-state index >= 15 is 0 Å². The third-order valence-electron chi connectivity index (χ3n) is 3.66. The molecule has 0 aromatic heterocycles. The van der Waals surface area contributed by atoms with Crippen LogP contribution in [-0.2, 0) is 15.6 Å². The summed E-state index contributed by atoms with van der Waals surface area (Å²) in [6.07, 6.45) is -3.15. The van der Waals surface area contributed by atoms with E-state index in [9.17, 15) is 26.0 Å². The molecule has 1 aromatic carbocycles. The highest BCUT2D eigenvalue weighted by Gasteiger charge is 2.42. The lowest BCUT2D eigenvalue weighted by molar-refractivity contribution is -0.0875. The van der Waals surface area contributed by atoms with Gasteiger partial charge in [-0.25, -0.2) is 17.8 Å². The summed E-state index contributed by atoms with van der Waals surface area (Å²) in [5.74, 6) is -2.44. The molecule has 7 nitrogen and oxygen atoms in total. The topological polar surface area (TPSA) is 106 Å². The lowest BCUT2D eigenvalue weighted by Gasteiger charge is -2.34. The predicted molar refractivity (Wildman–Crippen MR) is 90.7 cm³/mol. The zero-order chi connectivity index (χ0) is 20.5. The Balaban J connectivity index is 2.54. The Morgan fingerprint density at radius 1 is 1.37 bits per heavy atom. The molecule has 1 atom stereocenters. The number of nitrogens with two attached hydrogens (primary N) is 1.